The fourth-order valence-corrected chi connectivity index (χ4v) is 2.54. The Morgan fingerprint density at radius 2 is 2.18 bits per heavy atom. The summed E-state index contributed by atoms with van der Waals surface area (Å²) in [5, 5.41) is 1.19. The number of pyridine rings is 1. The van der Waals surface area contributed by atoms with Gasteiger partial charge in [-0.1, -0.05) is 37.5 Å². The number of aromatic nitrogens is 1. The summed E-state index contributed by atoms with van der Waals surface area (Å²) in [6, 6.07) is 10.6. The highest BCUT2D eigenvalue weighted by molar-refractivity contribution is 5.78. The lowest BCUT2D eigenvalue weighted by Crippen LogP contribution is -2.20. The second-order valence-corrected chi connectivity index (χ2v) is 5.09. The molecule has 1 aromatic heterocycles. The fraction of sp³-hybridized carbons (Fsp3) is 0.400. The van der Waals surface area contributed by atoms with E-state index in [0.717, 1.165) is 17.9 Å². The molecule has 0 aliphatic heterocycles. The number of benzene rings is 1. The summed E-state index contributed by atoms with van der Waals surface area (Å²) < 4.78 is 0. The van der Waals surface area contributed by atoms with E-state index in [0.29, 0.717) is 0 Å². The van der Waals surface area contributed by atoms with Crippen molar-refractivity contribution in [2.45, 2.75) is 31.7 Å². The highest BCUT2D eigenvalue weighted by Crippen LogP contribution is 2.34. The van der Waals surface area contributed by atoms with Crippen molar-refractivity contribution >= 4 is 10.9 Å². The van der Waals surface area contributed by atoms with Crippen molar-refractivity contribution in [2.75, 3.05) is 0 Å². The molecule has 2 N–H and O–H groups in total. The van der Waals surface area contributed by atoms with E-state index < -0.39 is 0 Å². The molecule has 1 aliphatic carbocycles. The number of hydrogen-bond acceptors (Lipinski definition) is 2. The van der Waals surface area contributed by atoms with Gasteiger partial charge in [0.15, 0.2) is 0 Å². The third-order valence-corrected chi connectivity index (χ3v) is 3.87. The first-order valence-electron chi connectivity index (χ1n) is 6.43. The van der Waals surface area contributed by atoms with Crippen LogP contribution in [0.15, 0.2) is 36.5 Å². The molecule has 17 heavy (non-hydrogen) atoms. The molecule has 2 aromatic rings. The molecule has 1 atom stereocenters. The largest absolute Gasteiger partial charge is 0.324 e. The van der Waals surface area contributed by atoms with E-state index in [9.17, 15) is 0 Å². The van der Waals surface area contributed by atoms with Crippen LogP contribution in [0.3, 0.4) is 0 Å². The van der Waals surface area contributed by atoms with Gasteiger partial charge in [-0.3, -0.25) is 4.98 Å². The Kier molecular flexibility index (Phi) is 2.81. The van der Waals surface area contributed by atoms with Crippen LogP contribution in [0.5, 0.6) is 0 Å². The van der Waals surface area contributed by atoms with Crippen LogP contribution >= 0.6 is 0 Å². The number of rotatable bonds is 3. The van der Waals surface area contributed by atoms with Gasteiger partial charge >= 0.3 is 0 Å². The molecule has 1 saturated carbocycles. The monoisotopic (exact) mass is 226 g/mol. The number of nitrogens with zero attached hydrogens (tertiary/aromatic N) is 1. The summed E-state index contributed by atoms with van der Waals surface area (Å²) in [4.78, 5) is 4.38. The molecule has 2 heteroatoms. The van der Waals surface area contributed by atoms with Crippen molar-refractivity contribution in [3.63, 3.8) is 0 Å². The fourth-order valence-electron chi connectivity index (χ4n) is 2.54. The van der Waals surface area contributed by atoms with Crippen molar-refractivity contribution in [1.82, 2.24) is 4.98 Å². The molecule has 88 valence electrons. The Morgan fingerprint density at radius 3 is 2.94 bits per heavy atom. The summed E-state index contributed by atoms with van der Waals surface area (Å²) in [6.07, 6.45) is 7.07. The number of fused-ring (bicyclic) bond motifs is 1. The van der Waals surface area contributed by atoms with E-state index in [-0.39, 0.29) is 6.04 Å². The Morgan fingerprint density at radius 1 is 1.29 bits per heavy atom. The molecule has 0 radical (unpaired) electrons. The molecule has 0 amide bonds. The molecule has 0 saturated heterocycles. The third-order valence-electron chi connectivity index (χ3n) is 3.87. The van der Waals surface area contributed by atoms with Crippen LogP contribution in [0.2, 0.25) is 0 Å². The summed E-state index contributed by atoms with van der Waals surface area (Å²) >= 11 is 0. The summed E-state index contributed by atoms with van der Waals surface area (Å²) in [5.41, 5.74) is 8.54. The predicted octanol–water partition coefficient (Wildman–Crippen LogP) is 3.42. The van der Waals surface area contributed by atoms with Gasteiger partial charge in [0.25, 0.3) is 0 Å². The van der Waals surface area contributed by atoms with Gasteiger partial charge < -0.3 is 5.73 Å². The van der Waals surface area contributed by atoms with Crippen molar-refractivity contribution in [3.05, 3.63) is 42.1 Å². The van der Waals surface area contributed by atoms with Gasteiger partial charge in [-0.25, -0.2) is 0 Å². The molecule has 1 aliphatic rings. The van der Waals surface area contributed by atoms with E-state index in [1.807, 2.05) is 12.3 Å². The second-order valence-electron chi connectivity index (χ2n) is 5.09. The zero-order valence-corrected chi connectivity index (χ0v) is 9.97. The quantitative estimate of drug-likeness (QED) is 0.870. The van der Waals surface area contributed by atoms with Gasteiger partial charge in [0.05, 0.1) is 5.52 Å². The predicted molar refractivity (Wildman–Crippen MR) is 70.6 cm³/mol. The van der Waals surface area contributed by atoms with Gasteiger partial charge in [0, 0.05) is 17.6 Å². The molecular formula is C15H18N2. The number of nitrogens with two attached hydrogens (primary N) is 1. The van der Waals surface area contributed by atoms with Crippen molar-refractivity contribution < 1.29 is 0 Å². The van der Waals surface area contributed by atoms with Crippen LogP contribution in [0, 0.1) is 5.92 Å². The minimum absolute atomic E-state index is 0.173. The smallest absolute Gasteiger partial charge is 0.0705 e. The Balaban J connectivity index is 1.83. The zero-order valence-electron chi connectivity index (χ0n) is 9.97. The van der Waals surface area contributed by atoms with E-state index in [2.05, 4.69) is 29.2 Å². The minimum Gasteiger partial charge on any atom is -0.324 e. The molecule has 1 heterocycles. The van der Waals surface area contributed by atoms with Crippen molar-refractivity contribution in [2.24, 2.45) is 11.7 Å². The highest BCUT2D eigenvalue weighted by atomic mass is 14.7. The molecule has 1 fully saturated rings. The van der Waals surface area contributed by atoms with Gasteiger partial charge in [0.1, 0.15) is 0 Å². The van der Waals surface area contributed by atoms with Crippen LogP contribution in [0.1, 0.15) is 37.3 Å². The third kappa shape index (κ3) is 2.18. The zero-order chi connectivity index (χ0) is 11.7. The number of hydrogen-bond donors (Lipinski definition) is 1. The molecule has 0 spiro atoms. The van der Waals surface area contributed by atoms with Gasteiger partial charge in [-0.15, -0.1) is 0 Å². The molecule has 2 nitrogen and oxygen atoms in total. The van der Waals surface area contributed by atoms with Gasteiger partial charge in [-0.2, -0.15) is 0 Å². The van der Waals surface area contributed by atoms with Crippen LogP contribution in [-0.4, -0.2) is 4.98 Å². The molecule has 3 rings (SSSR count). The summed E-state index contributed by atoms with van der Waals surface area (Å²) in [7, 11) is 0. The Labute approximate surface area is 102 Å². The first-order chi connectivity index (χ1) is 8.33. The lowest BCUT2D eigenvalue weighted by Gasteiger charge is -2.28. The molecule has 1 aromatic carbocycles. The SMILES string of the molecule is NC(CC1CCC1)c1ccc2cccnc2c1. The average Bonchev–Trinajstić information content (AvgIpc) is 2.33. The normalized spacial score (nSPS) is 17.9. The molecule has 0 bridgehead atoms. The van der Waals surface area contributed by atoms with Crippen LogP contribution in [0.25, 0.3) is 10.9 Å². The average molecular weight is 226 g/mol. The van der Waals surface area contributed by atoms with Crippen LogP contribution in [0.4, 0.5) is 0 Å². The first-order valence-corrected chi connectivity index (χ1v) is 6.43. The summed E-state index contributed by atoms with van der Waals surface area (Å²) in [5.74, 6) is 0.851. The van der Waals surface area contributed by atoms with E-state index >= 15 is 0 Å². The Hall–Kier alpha value is -1.41. The van der Waals surface area contributed by atoms with Gasteiger partial charge in [0.2, 0.25) is 0 Å². The first kappa shape index (κ1) is 10.7. The standard InChI is InChI=1S/C15H18N2/c16-14(9-11-3-1-4-11)13-7-6-12-5-2-8-17-15(12)10-13/h2,5-8,10-11,14H,1,3-4,9,16H2. The Bertz CT molecular complexity index is 517. The minimum atomic E-state index is 0.173. The maximum Gasteiger partial charge on any atom is 0.0705 e. The van der Waals surface area contributed by atoms with Crippen LogP contribution in [-0.2, 0) is 0 Å². The van der Waals surface area contributed by atoms with E-state index in [1.54, 1.807) is 0 Å². The van der Waals surface area contributed by atoms with E-state index in [1.165, 1.54) is 30.2 Å². The van der Waals surface area contributed by atoms with Crippen LogP contribution < -0.4 is 5.73 Å². The molecule has 1 unspecified atom stereocenters. The molecular weight excluding hydrogens is 208 g/mol. The maximum atomic E-state index is 6.27. The topological polar surface area (TPSA) is 38.9 Å². The maximum absolute atomic E-state index is 6.27. The van der Waals surface area contributed by atoms with Crippen molar-refractivity contribution in [3.8, 4) is 0 Å². The van der Waals surface area contributed by atoms with E-state index in [4.69, 9.17) is 5.73 Å². The lowest BCUT2D eigenvalue weighted by molar-refractivity contribution is 0.277. The van der Waals surface area contributed by atoms with Gasteiger partial charge in [-0.05, 0) is 30.0 Å². The highest BCUT2D eigenvalue weighted by Gasteiger charge is 2.21. The second kappa shape index (κ2) is 4.46. The van der Waals surface area contributed by atoms with Crippen molar-refractivity contribution in [1.29, 1.82) is 0 Å². The lowest BCUT2D eigenvalue weighted by atomic mass is 9.80. The summed E-state index contributed by atoms with van der Waals surface area (Å²) in [6.45, 7) is 0.